The van der Waals surface area contributed by atoms with Gasteiger partial charge in [0.1, 0.15) is 17.6 Å². The Balaban J connectivity index is 1.66. The zero-order valence-corrected chi connectivity index (χ0v) is 20.0. The van der Waals surface area contributed by atoms with Crippen LogP contribution in [0.4, 0.5) is 4.39 Å². The highest BCUT2D eigenvalue weighted by Crippen LogP contribution is 2.15. The monoisotopic (exact) mass is 482 g/mol. The molecule has 0 saturated carbocycles. The lowest BCUT2D eigenvalue weighted by Gasteiger charge is -2.29. The first-order valence-corrected chi connectivity index (χ1v) is 11.4. The number of carbonyl (C=O) groups excluding carboxylic acids is 2. The van der Waals surface area contributed by atoms with Crippen molar-refractivity contribution in [3.8, 4) is 5.75 Å². The van der Waals surface area contributed by atoms with Crippen LogP contribution in [0, 0.1) is 5.82 Å². The summed E-state index contributed by atoms with van der Waals surface area (Å²) in [6.07, 6.45) is 0.779. The van der Waals surface area contributed by atoms with Crippen molar-refractivity contribution < 1.29 is 18.7 Å². The number of benzene rings is 3. The van der Waals surface area contributed by atoms with Crippen molar-refractivity contribution in [2.75, 3.05) is 13.7 Å². The van der Waals surface area contributed by atoms with Gasteiger partial charge in [-0.2, -0.15) is 0 Å². The number of halogens is 2. The molecule has 1 unspecified atom stereocenters. The zero-order chi connectivity index (χ0) is 24.5. The zero-order valence-electron chi connectivity index (χ0n) is 19.3. The maximum Gasteiger partial charge on any atom is 0.242 e. The van der Waals surface area contributed by atoms with Gasteiger partial charge in [0, 0.05) is 18.1 Å². The van der Waals surface area contributed by atoms with Crippen molar-refractivity contribution in [1.29, 1.82) is 0 Å². The van der Waals surface area contributed by atoms with Crippen LogP contribution in [-0.4, -0.2) is 36.4 Å². The topological polar surface area (TPSA) is 58.6 Å². The first-order chi connectivity index (χ1) is 16.4. The normalized spacial score (nSPS) is 11.5. The fraction of sp³-hybridized carbons (Fsp3) is 0.259. The van der Waals surface area contributed by atoms with Crippen LogP contribution in [0.3, 0.4) is 0 Å². The lowest BCUT2D eigenvalue weighted by Crippen LogP contribution is -2.48. The molecule has 3 aromatic carbocycles. The first-order valence-electron chi connectivity index (χ1n) is 11.0. The molecule has 0 radical (unpaired) electrons. The third kappa shape index (κ3) is 7.32. The summed E-state index contributed by atoms with van der Waals surface area (Å²) in [5, 5.41) is 3.51. The van der Waals surface area contributed by atoms with Gasteiger partial charge in [0.25, 0.3) is 0 Å². The molecule has 0 aliphatic heterocycles. The molecule has 0 fully saturated rings. The van der Waals surface area contributed by atoms with Gasteiger partial charge >= 0.3 is 0 Å². The van der Waals surface area contributed by atoms with Crippen molar-refractivity contribution in [3.63, 3.8) is 0 Å². The highest BCUT2D eigenvalue weighted by molar-refractivity contribution is 6.30. The molecule has 0 aliphatic carbocycles. The minimum Gasteiger partial charge on any atom is -0.497 e. The third-order valence-electron chi connectivity index (χ3n) is 5.57. The number of rotatable bonds is 10. The molecule has 178 valence electrons. The van der Waals surface area contributed by atoms with Crippen LogP contribution >= 0.6 is 11.6 Å². The number of hydrogen-bond acceptors (Lipinski definition) is 3. The SMILES string of the molecule is COc1ccc(CCNC(=O)C(C)N(Cc2ccc(F)cc2)C(=O)Cc2ccc(Cl)cc2)cc1. The number of ether oxygens (including phenoxy) is 1. The van der Waals surface area contributed by atoms with E-state index in [1.807, 2.05) is 24.3 Å². The van der Waals surface area contributed by atoms with Gasteiger partial charge in [0.2, 0.25) is 11.8 Å². The largest absolute Gasteiger partial charge is 0.497 e. The Bertz CT molecular complexity index is 1090. The van der Waals surface area contributed by atoms with Gasteiger partial charge < -0.3 is 15.0 Å². The Labute approximate surface area is 204 Å². The maximum atomic E-state index is 13.3. The summed E-state index contributed by atoms with van der Waals surface area (Å²) in [4.78, 5) is 27.6. The first kappa shape index (κ1) is 25.2. The molecular formula is C27H28ClFN2O3. The second-order valence-corrected chi connectivity index (χ2v) is 8.45. The maximum absolute atomic E-state index is 13.3. The van der Waals surface area contributed by atoms with E-state index in [1.54, 1.807) is 50.4 Å². The van der Waals surface area contributed by atoms with Crippen LogP contribution < -0.4 is 10.1 Å². The van der Waals surface area contributed by atoms with Crippen molar-refractivity contribution in [2.45, 2.75) is 32.4 Å². The Morgan fingerprint density at radius 3 is 2.15 bits per heavy atom. The third-order valence-corrected chi connectivity index (χ3v) is 5.83. The Kier molecular flexibility index (Phi) is 9.05. The van der Waals surface area contributed by atoms with Gasteiger partial charge in [-0.25, -0.2) is 4.39 Å². The van der Waals surface area contributed by atoms with E-state index in [4.69, 9.17) is 16.3 Å². The molecule has 3 rings (SSSR count). The fourth-order valence-electron chi connectivity index (χ4n) is 3.52. The van der Waals surface area contributed by atoms with Crippen molar-refractivity contribution >= 4 is 23.4 Å². The molecule has 0 heterocycles. The highest BCUT2D eigenvalue weighted by atomic mass is 35.5. The summed E-state index contributed by atoms with van der Waals surface area (Å²) in [6.45, 7) is 2.33. The number of nitrogens with zero attached hydrogens (tertiary/aromatic N) is 1. The fourth-order valence-corrected chi connectivity index (χ4v) is 3.64. The van der Waals surface area contributed by atoms with E-state index in [9.17, 15) is 14.0 Å². The number of amides is 2. The van der Waals surface area contributed by atoms with Gasteiger partial charge in [0.05, 0.1) is 13.5 Å². The highest BCUT2D eigenvalue weighted by Gasteiger charge is 2.26. The molecule has 1 atom stereocenters. The standard InChI is InChI=1S/C27H28ClFN2O3/c1-19(27(33)30-16-15-20-7-13-25(34-2)14-8-20)31(18-22-5-11-24(29)12-6-22)26(32)17-21-3-9-23(28)10-4-21/h3-14,19H,15-18H2,1-2H3,(H,30,33). The summed E-state index contributed by atoms with van der Waals surface area (Å²) in [5.74, 6) is -0.0336. The van der Waals surface area contributed by atoms with E-state index in [0.717, 1.165) is 22.4 Å². The van der Waals surface area contributed by atoms with Gasteiger partial charge in [-0.05, 0) is 66.4 Å². The van der Waals surface area contributed by atoms with Gasteiger partial charge in [-0.1, -0.05) is 48.0 Å². The molecule has 1 N–H and O–H groups in total. The van der Waals surface area contributed by atoms with E-state index in [-0.39, 0.29) is 30.6 Å². The molecule has 3 aromatic rings. The van der Waals surface area contributed by atoms with Crippen molar-refractivity contribution in [1.82, 2.24) is 10.2 Å². The van der Waals surface area contributed by atoms with Crippen LogP contribution in [0.15, 0.2) is 72.8 Å². The quantitative estimate of drug-likeness (QED) is 0.451. The van der Waals surface area contributed by atoms with E-state index < -0.39 is 6.04 Å². The van der Waals surface area contributed by atoms with Crippen LogP contribution in [0.5, 0.6) is 5.75 Å². The number of nitrogens with one attached hydrogen (secondary N) is 1. The van der Waals surface area contributed by atoms with E-state index in [0.29, 0.717) is 18.0 Å². The van der Waals surface area contributed by atoms with Crippen LogP contribution in [0.25, 0.3) is 0 Å². The van der Waals surface area contributed by atoms with Crippen LogP contribution in [0.1, 0.15) is 23.6 Å². The molecule has 0 saturated heterocycles. The predicted molar refractivity (Wildman–Crippen MR) is 131 cm³/mol. The molecule has 7 heteroatoms. The van der Waals surface area contributed by atoms with Crippen molar-refractivity contribution in [2.24, 2.45) is 0 Å². The van der Waals surface area contributed by atoms with Gasteiger partial charge in [0.15, 0.2) is 0 Å². The average molecular weight is 483 g/mol. The number of carbonyl (C=O) groups is 2. The van der Waals surface area contributed by atoms with Crippen molar-refractivity contribution in [3.05, 3.63) is 100 Å². The van der Waals surface area contributed by atoms with Gasteiger partial charge in [-0.15, -0.1) is 0 Å². The Morgan fingerprint density at radius 1 is 0.941 bits per heavy atom. The summed E-state index contributed by atoms with van der Waals surface area (Å²) < 4.78 is 18.5. The molecule has 0 bridgehead atoms. The molecule has 0 aromatic heterocycles. The summed E-state index contributed by atoms with van der Waals surface area (Å²) in [7, 11) is 1.61. The Morgan fingerprint density at radius 2 is 1.53 bits per heavy atom. The minimum atomic E-state index is -0.708. The summed E-state index contributed by atoms with van der Waals surface area (Å²) in [5.41, 5.74) is 2.60. The lowest BCUT2D eigenvalue weighted by molar-refractivity contribution is -0.140. The molecule has 0 aliphatic rings. The van der Waals surface area contributed by atoms with E-state index in [1.165, 1.54) is 17.0 Å². The molecule has 5 nitrogen and oxygen atoms in total. The number of methoxy groups -OCH3 is 1. The molecule has 2 amide bonds. The lowest BCUT2D eigenvalue weighted by atomic mass is 10.1. The minimum absolute atomic E-state index is 0.127. The Hall–Kier alpha value is -3.38. The van der Waals surface area contributed by atoms with E-state index in [2.05, 4.69) is 5.32 Å². The second-order valence-electron chi connectivity index (χ2n) is 8.02. The molecule has 34 heavy (non-hydrogen) atoms. The summed E-state index contributed by atoms with van der Waals surface area (Å²) >= 11 is 5.95. The van der Waals surface area contributed by atoms with Crippen LogP contribution in [-0.2, 0) is 29.0 Å². The molecule has 0 spiro atoms. The second kappa shape index (κ2) is 12.2. The number of hydrogen-bond donors (Lipinski definition) is 1. The smallest absolute Gasteiger partial charge is 0.242 e. The van der Waals surface area contributed by atoms with Crippen LogP contribution in [0.2, 0.25) is 5.02 Å². The molecular weight excluding hydrogens is 455 g/mol. The summed E-state index contributed by atoms with van der Waals surface area (Å²) in [6, 6.07) is 19.9. The van der Waals surface area contributed by atoms with E-state index >= 15 is 0 Å². The average Bonchev–Trinajstić information content (AvgIpc) is 2.85. The predicted octanol–water partition coefficient (Wildman–Crippen LogP) is 4.81. The van der Waals surface area contributed by atoms with Gasteiger partial charge in [-0.3, -0.25) is 9.59 Å².